The fourth-order valence-electron chi connectivity index (χ4n) is 2.42. The summed E-state index contributed by atoms with van der Waals surface area (Å²) in [7, 11) is -4.13. The molecule has 0 fully saturated rings. The van der Waals surface area contributed by atoms with Crippen molar-refractivity contribution < 1.29 is 32.7 Å². The molecule has 29 heavy (non-hydrogen) atoms. The molecule has 3 rings (SSSR count). The van der Waals surface area contributed by atoms with Gasteiger partial charge in [-0.15, -0.1) is 0 Å². The Hall–Kier alpha value is -3.78. The Labute approximate surface area is 166 Å². The van der Waals surface area contributed by atoms with Crippen molar-refractivity contribution in [2.45, 2.75) is 4.90 Å². The van der Waals surface area contributed by atoms with Gasteiger partial charge in [-0.05, 0) is 60.7 Å². The lowest BCUT2D eigenvalue weighted by Crippen LogP contribution is -2.09. The van der Waals surface area contributed by atoms with E-state index in [1.807, 2.05) is 0 Å². The lowest BCUT2D eigenvalue weighted by Gasteiger charge is -2.07. The Balaban J connectivity index is 1.72. The molecule has 8 heteroatoms. The standard InChI is InChI=1S/C21H16O7S/c22-16-2-1-3-19(12-16)29(26,27)28-18-9-5-14(6-10-18)20(24)11-7-15-4-8-17(23)13-21(15)25/h1-13,22-23,25H/b11-7+. The third-order valence-corrected chi connectivity index (χ3v) is 5.12. The van der Waals surface area contributed by atoms with Crippen molar-refractivity contribution in [1.82, 2.24) is 0 Å². The van der Waals surface area contributed by atoms with Gasteiger partial charge in [0.25, 0.3) is 0 Å². The van der Waals surface area contributed by atoms with Gasteiger partial charge in [-0.2, -0.15) is 8.42 Å². The predicted octanol–water partition coefficient (Wildman–Crippen LogP) is 3.47. The van der Waals surface area contributed by atoms with Crippen LogP contribution in [0.15, 0.2) is 77.7 Å². The summed E-state index contributed by atoms with van der Waals surface area (Å²) in [6, 6.07) is 14.5. The Bertz CT molecular complexity index is 1180. The zero-order valence-corrected chi connectivity index (χ0v) is 15.7. The van der Waals surface area contributed by atoms with Crippen LogP contribution in [0.5, 0.6) is 23.0 Å². The summed E-state index contributed by atoms with van der Waals surface area (Å²) in [6.07, 6.45) is 2.64. The van der Waals surface area contributed by atoms with Crippen LogP contribution in [-0.2, 0) is 10.1 Å². The molecule has 3 aromatic rings. The molecule has 3 N–H and O–H groups in total. The van der Waals surface area contributed by atoms with Gasteiger partial charge in [0.2, 0.25) is 0 Å². The first-order valence-corrected chi connectivity index (χ1v) is 9.73. The molecule has 0 bridgehead atoms. The maximum atomic E-state index is 12.2. The second-order valence-corrected chi connectivity index (χ2v) is 7.55. The fraction of sp³-hybridized carbons (Fsp3) is 0. The molecule has 0 atom stereocenters. The number of carbonyl (C=O) groups excluding carboxylic acids is 1. The average molecular weight is 412 g/mol. The number of hydrogen-bond acceptors (Lipinski definition) is 7. The number of ketones is 1. The summed E-state index contributed by atoms with van der Waals surface area (Å²) >= 11 is 0. The Morgan fingerprint density at radius 1 is 0.862 bits per heavy atom. The average Bonchev–Trinajstić information content (AvgIpc) is 2.67. The Kier molecular flexibility index (Phi) is 5.56. The molecule has 0 radical (unpaired) electrons. The predicted molar refractivity (Wildman–Crippen MR) is 105 cm³/mol. The second-order valence-electron chi connectivity index (χ2n) is 6.00. The highest BCUT2D eigenvalue weighted by molar-refractivity contribution is 7.87. The molecule has 0 saturated heterocycles. The molecular formula is C21H16O7S. The second kappa shape index (κ2) is 8.07. The summed E-state index contributed by atoms with van der Waals surface area (Å²) in [5, 5.41) is 28.4. The largest absolute Gasteiger partial charge is 0.508 e. The molecule has 0 unspecified atom stereocenters. The number of phenolic OH excluding ortho intramolecular Hbond substituents is 3. The quantitative estimate of drug-likeness (QED) is 0.322. The molecule has 148 valence electrons. The molecule has 0 amide bonds. The van der Waals surface area contributed by atoms with E-state index in [2.05, 4.69) is 0 Å². The molecule has 0 aromatic heterocycles. The van der Waals surface area contributed by atoms with Crippen LogP contribution in [0.25, 0.3) is 6.08 Å². The number of aromatic hydroxyl groups is 3. The van der Waals surface area contributed by atoms with E-state index < -0.39 is 10.1 Å². The van der Waals surface area contributed by atoms with Gasteiger partial charge in [-0.3, -0.25) is 4.79 Å². The molecule has 0 saturated carbocycles. The first kappa shape index (κ1) is 20.0. The van der Waals surface area contributed by atoms with Crippen molar-refractivity contribution in [3.63, 3.8) is 0 Å². The molecular weight excluding hydrogens is 396 g/mol. The third kappa shape index (κ3) is 4.94. The topological polar surface area (TPSA) is 121 Å². The van der Waals surface area contributed by atoms with E-state index in [4.69, 9.17) is 4.18 Å². The number of hydrogen-bond donors (Lipinski definition) is 3. The van der Waals surface area contributed by atoms with Crippen molar-refractivity contribution in [1.29, 1.82) is 0 Å². The maximum Gasteiger partial charge on any atom is 0.339 e. The van der Waals surface area contributed by atoms with Crippen LogP contribution in [0.1, 0.15) is 15.9 Å². The molecule has 0 spiro atoms. The summed E-state index contributed by atoms with van der Waals surface area (Å²) in [5.74, 6) is -0.843. The number of carbonyl (C=O) groups is 1. The number of allylic oxidation sites excluding steroid dienone is 1. The van der Waals surface area contributed by atoms with Gasteiger partial charge in [-0.25, -0.2) is 0 Å². The summed E-state index contributed by atoms with van der Waals surface area (Å²) in [6.45, 7) is 0. The van der Waals surface area contributed by atoms with Gasteiger partial charge in [-0.1, -0.05) is 6.07 Å². The van der Waals surface area contributed by atoms with E-state index in [0.29, 0.717) is 5.56 Å². The van der Waals surface area contributed by atoms with Crippen LogP contribution >= 0.6 is 0 Å². The van der Waals surface area contributed by atoms with Gasteiger partial charge in [0.15, 0.2) is 5.78 Å². The first-order valence-electron chi connectivity index (χ1n) is 8.32. The Morgan fingerprint density at radius 3 is 2.21 bits per heavy atom. The molecule has 0 aliphatic heterocycles. The van der Waals surface area contributed by atoms with Crippen molar-refractivity contribution in [2.75, 3.05) is 0 Å². The Morgan fingerprint density at radius 2 is 1.55 bits per heavy atom. The highest BCUT2D eigenvalue weighted by Crippen LogP contribution is 2.24. The molecule has 3 aromatic carbocycles. The van der Waals surface area contributed by atoms with Crippen LogP contribution in [0.3, 0.4) is 0 Å². The minimum absolute atomic E-state index is 0.00468. The van der Waals surface area contributed by atoms with Gasteiger partial charge < -0.3 is 19.5 Å². The lowest BCUT2D eigenvalue weighted by molar-refractivity contribution is 0.104. The number of benzene rings is 3. The van der Waals surface area contributed by atoms with E-state index >= 15 is 0 Å². The van der Waals surface area contributed by atoms with Crippen molar-refractivity contribution >= 4 is 22.0 Å². The lowest BCUT2D eigenvalue weighted by atomic mass is 10.1. The van der Waals surface area contributed by atoms with Crippen molar-refractivity contribution in [2.24, 2.45) is 0 Å². The number of phenols is 3. The van der Waals surface area contributed by atoms with E-state index in [0.717, 1.165) is 12.1 Å². The van der Waals surface area contributed by atoms with E-state index in [1.165, 1.54) is 66.7 Å². The summed E-state index contributed by atoms with van der Waals surface area (Å²) < 4.78 is 29.5. The van der Waals surface area contributed by atoms with E-state index in [9.17, 15) is 28.5 Å². The monoisotopic (exact) mass is 412 g/mol. The zero-order chi connectivity index (χ0) is 21.0. The number of rotatable bonds is 6. The van der Waals surface area contributed by atoms with Gasteiger partial charge in [0.1, 0.15) is 27.9 Å². The fourth-order valence-corrected chi connectivity index (χ4v) is 3.39. The van der Waals surface area contributed by atoms with Crippen LogP contribution in [0.2, 0.25) is 0 Å². The minimum atomic E-state index is -4.13. The molecule has 0 aliphatic rings. The van der Waals surface area contributed by atoms with Crippen LogP contribution < -0.4 is 4.18 Å². The van der Waals surface area contributed by atoms with Crippen LogP contribution in [0, 0.1) is 0 Å². The minimum Gasteiger partial charge on any atom is -0.508 e. The van der Waals surface area contributed by atoms with Gasteiger partial charge in [0.05, 0.1) is 0 Å². The van der Waals surface area contributed by atoms with Crippen molar-refractivity contribution in [3.8, 4) is 23.0 Å². The van der Waals surface area contributed by atoms with Gasteiger partial charge in [0, 0.05) is 23.3 Å². The smallest absolute Gasteiger partial charge is 0.339 e. The zero-order valence-electron chi connectivity index (χ0n) is 14.9. The van der Waals surface area contributed by atoms with Crippen LogP contribution in [0.4, 0.5) is 0 Å². The summed E-state index contributed by atoms with van der Waals surface area (Å²) in [4.78, 5) is 12.0. The molecule has 0 aliphatic carbocycles. The third-order valence-electron chi connectivity index (χ3n) is 3.88. The normalized spacial score (nSPS) is 11.4. The SMILES string of the molecule is O=C(/C=C/c1ccc(O)cc1O)c1ccc(OS(=O)(=O)c2cccc(O)c2)cc1. The van der Waals surface area contributed by atoms with E-state index in [1.54, 1.807) is 0 Å². The van der Waals surface area contributed by atoms with E-state index in [-0.39, 0.29) is 39.2 Å². The molecule has 7 nitrogen and oxygen atoms in total. The van der Waals surface area contributed by atoms with Crippen molar-refractivity contribution in [3.05, 3.63) is 83.9 Å². The van der Waals surface area contributed by atoms with Crippen LogP contribution in [-0.4, -0.2) is 29.5 Å². The highest BCUT2D eigenvalue weighted by atomic mass is 32.2. The van der Waals surface area contributed by atoms with Gasteiger partial charge >= 0.3 is 10.1 Å². The first-order chi connectivity index (χ1) is 13.7. The summed E-state index contributed by atoms with van der Waals surface area (Å²) in [5.41, 5.74) is 0.634. The molecule has 0 heterocycles. The maximum absolute atomic E-state index is 12.2. The highest BCUT2D eigenvalue weighted by Gasteiger charge is 2.17.